The summed E-state index contributed by atoms with van der Waals surface area (Å²) in [6.45, 7) is 1.75. The number of nitrogens with zero attached hydrogens (tertiary/aromatic N) is 4. The van der Waals surface area contributed by atoms with Gasteiger partial charge in [0, 0.05) is 36.4 Å². The summed E-state index contributed by atoms with van der Waals surface area (Å²) in [4.78, 5) is 18.3. The summed E-state index contributed by atoms with van der Waals surface area (Å²) in [7, 11) is 0. The van der Waals surface area contributed by atoms with Crippen LogP contribution in [0.3, 0.4) is 0 Å². The van der Waals surface area contributed by atoms with Crippen LogP contribution in [0.2, 0.25) is 0 Å². The Balaban J connectivity index is 1.42. The molecule has 9 heteroatoms. The van der Waals surface area contributed by atoms with E-state index in [2.05, 4.69) is 25.9 Å². The second-order valence-electron chi connectivity index (χ2n) is 8.44. The van der Waals surface area contributed by atoms with Crippen molar-refractivity contribution in [3.8, 4) is 11.4 Å². The van der Waals surface area contributed by atoms with Crippen LogP contribution in [0.4, 0.5) is 26.1 Å². The zero-order chi connectivity index (χ0) is 22.4. The smallest absolute Gasteiger partial charge is 0.162 e. The third kappa shape index (κ3) is 3.84. The van der Waals surface area contributed by atoms with E-state index >= 15 is 0 Å². The standard InChI is InChI=1S/C24H21F2N7/c25-17-2-1-3-18(26)22(17)32-20-8-14(6-7-29-20)23-31-19-12-28-11-16(13-4-5-13)21(19)24(33-23)30-15-9-27-10-15/h1-3,6-8,11-13,15,27H,4-5,9-10H2,(H,29,32)(H,30,31,33). The van der Waals surface area contributed by atoms with Gasteiger partial charge in [-0.15, -0.1) is 0 Å². The number of pyridine rings is 2. The molecule has 33 heavy (non-hydrogen) atoms. The molecule has 2 fully saturated rings. The number of aromatic nitrogens is 4. The van der Waals surface area contributed by atoms with E-state index in [1.54, 1.807) is 24.5 Å². The monoisotopic (exact) mass is 445 g/mol. The number of anilines is 3. The number of benzene rings is 1. The van der Waals surface area contributed by atoms with Gasteiger partial charge in [0.25, 0.3) is 0 Å². The predicted molar refractivity (Wildman–Crippen MR) is 122 cm³/mol. The van der Waals surface area contributed by atoms with Gasteiger partial charge >= 0.3 is 0 Å². The van der Waals surface area contributed by atoms with Crippen LogP contribution in [0.15, 0.2) is 48.9 Å². The highest BCUT2D eigenvalue weighted by molar-refractivity contribution is 5.93. The molecule has 4 aromatic rings. The summed E-state index contributed by atoms with van der Waals surface area (Å²) in [6, 6.07) is 7.46. The first-order valence-electron chi connectivity index (χ1n) is 11.0. The van der Waals surface area contributed by atoms with Crippen LogP contribution in [0.25, 0.3) is 22.3 Å². The van der Waals surface area contributed by atoms with Crippen molar-refractivity contribution in [2.75, 3.05) is 23.7 Å². The van der Waals surface area contributed by atoms with Gasteiger partial charge in [0.15, 0.2) is 5.82 Å². The van der Waals surface area contributed by atoms with Gasteiger partial charge in [0.2, 0.25) is 0 Å². The molecule has 4 heterocycles. The first-order chi connectivity index (χ1) is 16.2. The molecule has 1 aromatic carbocycles. The summed E-state index contributed by atoms with van der Waals surface area (Å²) >= 11 is 0. The third-order valence-electron chi connectivity index (χ3n) is 6.01. The van der Waals surface area contributed by atoms with Crippen LogP contribution in [0.5, 0.6) is 0 Å². The van der Waals surface area contributed by atoms with Gasteiger partial charge in [-0.3, -0.25) is 4.98 Å². The maximum Gasteiger partial charge on any atom is 0.162 e. The van der Waals surface area contributed by atoms with Crippen molar-refractivity contribution in [3.63, 3.8) is 0 Å². The summed E-state index contributed by atoms with van der Waals surface area (Å²) in [6.07, 6.45) is 7.54. The summed E-state index contributed by atoms with van der Waals surface area (Å²) < 4.78 is 28.2. The van der Waals surface area contributed by atoms with Gasteiger partial charge in [-0.1, -0.05) is 6.07 Å². The average Bonchev–Trinajstić information content (AvgIpc) is 3.64. The lowest BCUT2D eigenvalue weighted by Gasteiger charge is -2.29. The highest BCUT2D eigenvalue weighted by atomic mass is 19.1. The van der Waals surface area contributed by atoms with Crippen LogP contribution < -0.4 is 16.0 Å². The zero-order valence-electron chi connectivity index (χ0n) is 17.6. The first kappa shape index (κ1) is 19.9. The van der Waals surface area contributed by atoms with E-state index in [-0.39, 0.29) is 5.69 Å². The highest BCUT2D eigenvalue weighted by Crippen LogP contribution is 2.44. The molecule has 1 aliphatic heterocycles. The molecule has 1 saturated heterocycles. The lowest BCUT2D eigenvalue weighted by Crippen LogP contribution is -2.51. The van der Waals surface area contributed by atoms with Crippen molar-refractivity contribution in [3.05, 3.63) is 66.1 Å². The molecule has 166 valence electrons. The fraction of sp³-hybridized carbons (Fsp3) is 0.250. The lowest BCUT2D eigenvalue weighted by atomic mass is 10.1. The van der Waals surface area contributed by atoms with Crippen molar-refractivity contribution in [2.45, 2.75) is 24.8 Å². The minimum absolute atomic E-state index is 0.250. The summed E-state index contributed by atoms with van der Waals surface area (Å²) in [5.74, 6) is 0.696. The molecule has 0 unspecified atom stereocenters. The minimum Gasteiger partial charge on any atom is -0.364 e. The Morgan fingerprint density at radius 1 is 1.00 bits per heavy atom. The van der Waals surface area contributed by atoms with Gasteiger partial charge in [-0.05, 0) is 48.6 Å². The Labute approximate surface area is 188 Å². The topological polar surface area (TPSA) is 87.7 Å². The molecule has 1 saturated carbocycles. The molecule has 0 amide bonds. The summed E-state index contributed by atoms with van der Waals surface area (Å²) in [5.41, 5.74) is 2.38. The van der Waals surface area contributed by atoms with Gasteiger partial charge < -0.3 is 16.0 Å². The number of rotatable bonds is 6. The molecule has 2 aliphatic rings. The van der Waals surface area contributed by atoms with Crippen LogP contribution in [-0.4, -0.2) is 39.1 Å². The Hall–Kier alpha value is -3.72. The molecule has 7 nitrogen and oxygen atoms in total. The largest absolute Gasteiger partial charge is 0.364 e. The van der Waals surface area contributed by atoms with Crippen LogP contribution in [-0.2, 0) is 0 Å². The Kier molecular flexibility index (Phi) is 4.83. The maximum atomic E-state index is 14.1. The van der Waals surface area contributed by atoms with E-state index in [1.165, 1.54) is 23.8 Å². The molecular formula is C24H21F2N7. The number of fused-ring (bicyclic) bond motifs is 1. The van der Waals surface area contributed by atoms with Crippen molar-refractivity contribution in [2.24, 2.45) is 0 Å². The molecular weight excluding hydrogens is 424 g/mol. The van der Waals surface area contributed by atoms with E-state index in [4.69, 9.17) is 9.97 Å². The first-order valence-corrected chi connectivity index (χ1v) is 11.0. The molecule has 3 aromatic heterocycles. The van der Waals surface area contributed by atoms with Gasteiger partial charge in [-0.2, -0.15) is 0 Å². The van der Waals surface area contributed by atoms with Gasteiger partial charge in [0.05, 0.1) is 17.8 Å². The number of para-hydroxylation sites is 1. The molecule has 0 atom stereocenters. The third-order valence-corrected chi connectivity index (χ3v) is 6.01. The second-order valence-corrected chi connectivity index (χ2v) is 8.44. The van der Waals surface area contributed by atoms with Crippen molar-refractivity contribution >= 4 is 28.2 Å². The summed E-state index contributed by atoms with van der Waals surface area (Å²) in [5, 5.41) is 10.6. The van der Waals surface area contributed by atoms with Crippen LogP contribution >= 0.6 is 0 Å². The second kappa shape index (κ2) is 8.00. The SMILES string of the molecule is Fc1cccc(F)c1Nc1cc(-c2nc(NC3CNC3)c3c(C4CC4)cncc3n2)ccn1. The van der Waals surface area contributed by atoms with E-state index < -0.39 is 11.6 Å². The van der Waals surface area contributed by atoms with E-state index in [0.717, 1.165) is 42.7 Å². The molecule has 3 N–H and O–H groups in total. The predicted octanol–water partition coefficient (Wildman–Crippen LogP) is 4.37. The van der Waals surface area contributed by atoms with Crippen molar-refractivity contribution in [1.29, 1.82) is 0 Å². The highest BCUT2D eigenvalue weighted by Gasteiger charge is 2.29. The quantitative estimate of drug-likeness (QED) is 0.406. The van der Waals surface area contributed by atoms with Gasteiger partial charge in [0.1, 0.15) is 29.0 Å². The van der Waals surface area contributed by atoms with E-state index in [1.807, 2.05) is 6.20 Å². The number of halogens is 2. The fourth-order valence-electron chi connectivity index (χ4n) is 4.01. The molecule has 6 rings (SSSR count). The van der Waals surface area contributed by atoms with Crippen molar-refractivity contribution in [1.82, 2.24) is 25.3 Å². The fourth-order valence-corrected chi connectivity index (χ4v) is 4.01. The minimum atomic E-state index is -0.691. The average molecular weight is 445 g/mol. The zero-order valence-corrected chi connectivity index (χ0v) is 17.6. The van der Waals surface area contributed by atoms with E-state index in [0.29, 0.717) is 29.2 Å². The molecule has 0 spiro atoms. The normalized spacial score (nSPS) is 15.9. The molecule has 1 aliphatic carbocycles. The number of nitrogens with one attached hydrogen (secondary N) is 3. The molecule has 0 bridgehead atoms. The molecule has 0 radical (unpaired) electrons. The van der Waals surface area contributed by atoms with Gasteiger partial charge in [-0.25, -0.2) is 23.7 Å². The maximum absolute atomic E-state index is 14.1. The Morgan fingerprint density at radius 3 is 2.55 bits per heavy atom. The van der Waals surface area contributed by atoms with E-state index in [9.17, 15) is 8.78 Å². The van der Waals surface area contributed by atoms with Crippen molar-refractivity contribution < 1.29 is 8.78 Å². The Morgan fingerprint density at radius 2 is 1.82 bits per heavy atom. The number of hydrogen-bond acceptors (Lipinski definition) is 7. The van der Waals surface area contributed by atoms with Crippen LogP contribution in [0, 0.1) is 11.6 Å². The Bertz CT molecular complexity index is 1330. The number of hydrogen-bond donors (Lipinski definition) is 3. The lowest BCUT2D eigenvalue weighted by molar-refractivity contribution is 0.471. The van der Waals surface area contributed by atoms with Crippen LogP contribution in [0.1, 0.15) is 24.3 Å².